The molecule has 2 aromatic carbocycles. The van der Waals surface area contributed by atoms with Crippen molar-refractivity contribution < 1.29 is 4.79 Å². The molecule has 0 spiro atoms. The molecule has 5 nitrogen and oxygen atoms in total. The fraction of sp³-hybridized carbons (Fsp3) is 0.320. The SMILES string of the molecule is CC(C)(C)c1ccc(/C=C/C(=O)N2CCN(c3cnc4ccccc4n3)CC2)cc1. The smallest absolute Gasteiger partial charge is 0.246 e. The molecule has 1 aliphatic heterocycles. The van der Waals surface area contributed by atoms with Crippen molar-refractivity contribution in [2.45, 2.75) is 26.2 Å². The summed E-state index contributed by atoms with van der Waals surface area (Å²) in [6, 6.07) is 16.3. The zero-order valence-corrected chi connectivity index (χ0v) is 17.9. The lowest BCUT2D eigenvalue weighted by atomic mass is 9.87. The van der Waals surface area contributed by atoms with Gasteiger partial charge in [-0.3, -0.25) is 9.78 Å². The molecule has 5 heteroatoms. The van der Waals surface area contributed by atoms with Gasteiger partial charge in [-0.15, -0.1) is 0 Å². The Morgan fingerprint density at radius 2 is 1.60 bits per heavy atom. The number of rotatable bonds is 3. The summed E-state index contributed by atoms with van der Waals surface area (Å²) in [7, 11) is 0. The van der Waals surface area contributed by atoms with Gasteiger partial charge in [-0.2, -0.15) is 0 Å². The maximum absolute atomic E-state index is 12.6. The standard InChI is InChI=1S/C25H28N4O/c1-25(2,3)20-11-8-19(9-12-20)10-13-24(30)29-16-14-28(15-17-29)23-18-26-21-6-4-5-7-22(21)27-23/h4-13,18H,14-17H2,1-3H3/b13-10+. The molecule has 1 aromatic heterocycles. The third-order valence-electron chi connectivity index (χ3n) is 5.55. The van der Waals surface area contributed by atoms with Crippen molar-refractivity contribution in [3.05, 3.63) is 71.9 Å². The van der Waals surface area contributed by atoms with Crippen LogP contribution in [0.2, 0.25) is 0 Å². The minimum atomic E-state index is 0.0548. The van der Waals surface area contributed by atoms with Crippen molar-refractivity contribution in [1.29, 1.82) is 0 Å². The third-order valence-corrected chi connectivity index (χ3v) is 5.55. The van der Waals surface area contributed by atoms with Crippen molar-refractivity contribution >= 4 is 28.8 Å². The monoisotopic (exact) mass is 400 g/mol. The fourth-order valence-electron chi connectivity index (χ4n) is 3.62. The molecule has 1 aliphatic rings. The van der Waals surface area contributed by atoms with Gasteiger partial charge in [0.1, 0.15) is 5.82 Å². The van der Waals surface area contributed by atoms with E-state index in [0.29, 0.717) is 13.1 Å². The second-order valence-electron chi connectivity index (χ2n) is 8.73. The van der Waals surface area contributed by atoms with Gasteiger partial charge in [-0.05, 0) is 34.8 Å². The molecule has 1 saturated heterocycles. The normalized spacial score (nSPS) is 15.2. The summed E-state index contributed by atoms with van der Waals surface area (Å²) in [5.41, 5.74) is 4.26. The second-order valence-corrected chi connectivity index (χ2v) is 8.73. The Bertz CT molecular complexity index is 1060. The minimum absolute atomic E-state index is 0.0548. The molecule has 154 valence electrons. The molecule has 0 N–H and O–H groups in total. The number of nitrogens with zero attached hydrogens (tertiary/aromatic N) is 4. The van der Waals surface area contributed by atoms with Crippen LogP contribution in [0.4, 0.5) is 5.82 Å². The number of anilines is 1. The highest BCUT2D eigenvalue weighted by Crippen LogP contribution is 2.22. The first-order chi connectivity index (χ1) is 14.4. The topological polar surface area (TPSA) is 49.3 Å². The van der Waals surface area contributed by atoms with Crippen LogP contribution in [-0.4, -0.2) is 47.0 Å². The van der Waals surface area contributed by atoms with Crippen molar-refractivity contribution in [3.8, 4) is 0 Å². The lowest BCUT2D eigenvalue weighted by Gasteiger charge is -2.34. The maximum Gasteiger partial charge on any atom is 0.246 e. The van der Waals surface area contributed by atoms with E-state index in [2.05, 4.69) is 54.9 Å². The molecule has 1 fully saturated rings. The Balaban J connectivity index is 1.35. The summed E-state index contributed by atoms with van der Waals surface area (Å²) in [6.07, 6.45) is 5.40. The number of para-hydroxylation sites is 2. The molecule has 0 aliphatic carbocycles. The van der Waals surface area contributed by atoms with Crippen molar-refractivity contribution in [2.75, 3.05) is 31.1 Å². The molecule has 0 atom stereocenters. The highest BCUT2D eigenvalue weighted by molar-refractivity contribution is 5.92. The van der Waals surface area contributed by atoms with Crippen LogP contribution in [0.1, 0.15) is 31.9 Å². The number of aromatic nitrogens is 2. The van der Waals surface area contributed by atoms with E-state index >= 15 is 0 Å². The van der Waals surface area contributed by atoms with Gasteiger partial charge >= 0.3 is 0 Å². The van der Waals surface area contributed by atoms with Gasteiger partial charge in [0.05, 0.1) is 17.2 Å². The first-order valence-corrected chi connectivity index (χ1v) is 10.4. The lowest BCUT2D eigenvalue weighted by molar-refractivity contribution is -0.126. The van der Waals surface area contributed by atoms with Crippen LogP contribution in [0.25, 0.3) is 17.1 Å². The van der Waals surface area contributed by atoms with Crippen molar-refractivity contribution in [3.63, 3.8) is 0 Å². The summed E-state index contributed by atoms with van der Waals surface area (Å²) in [6.45, 7) is 9.47. The first kappa shape index (κ1) is 20.1. The van der Waals surface area contributed by atoms with E-state index in [-0.39, 0.29) is 11.3 Å². The Morgan fingerprint density at radius 3 is 2.27 bits per heavy atom. The Kier molecular flexibility index (Phi) is 5.53. The van der Waals surface area contributed by atoms with E-state index < -0.39 is 0 Å². The van der Waals surface area contributed by atoms with Crippen LogP contribution in [0, 0.1) is 0 Å². The summed E-state index contributed by atoms with van der Waals surface area (Å²) in [5.74, 6) is 0.925. The third kappa shape index (κ3) is 4.51. The minimum Gasteiger partial charge on any atom is -0.352 e. The molecule has 0 saturated carbocycles. The van der Waals surface area contributed by atoms with E-state index in [9.17, 15) is 4.79 Å². The van der Waals surface area contributed by atoms with E-state index in [1.165, 1.54) is 5.56 Å². The fourth-order valence-corrected chi connectivity index (χ4v) is 3.62. The van der Waals surface area contributed by atoms with Crippen molar-refractivity contribution in [1.82, 2.24) is 14.9 Å². The Hall–Kier alpha value is -3.21. The summed E-state index contributed by atoms with van der Waals surface area (Å²) < 4.78 is 0. The number of benzene rings is 2. The number of amides is 1. The van der Waals surface area contributed by atoms with Crippen LogP contribution in [0.15, 0.2) is 60.8 Å². The number of hydrogen-bond donors (Lipinski definition) is 0. The number of fused-ring (bicyclic) bond motifs is 1. The average molecular weight is 401 g/mol. The molecule has 1 amide bonds. The number of carbonyl (C=O) groups excluding carboxylic acids is 1. The molecule has 0 bridgehead atoms. The Morgan fingerprint density at radius 1 is 0.933 bits per heavy atom. The van der Waals surface area contributed by atoms with E-state index in [1.54, 1.807) is 6.08 Å². The van der Waals surface area contributed by atoms with Gasteiger partial charge in [-0.1, -0.05) is 57.2 Å². The molecule has 3 aromatic rings. The first-order valence-electron chi connectivity index (χ1n) is 10.4. The zero-order valence-electron chi connectivity index (χ0n) is 17.9. The molecular weight excluding hydrogens is 372 g/mol. The number of hydrogen-bond acceptors (Lipinski definition) is 4. The molecule has 30 heavy (non-hydrogen) atoms. The van der Waals surface area contributed by atoms with Gasteiger partial charge in [0.2, 0.25) is 5.91 Å². The van der Waals surface area contributed by atoms with Gasteiger partial charge in [0.15, 0.2) is 0 Å². The van der Waals surface area contributed by atoms with Crippen LogP contribution < -0.4 is 4.90 Å². The van der Waals surface area contributed by atoms with Gasteiger partial charge in [0, 0.05) is 32.3 Å². The van der Waals surface area contributed by atoms with Crippen LogP contribution in [-0.2, 0) is 10.2 Å². The largest absolute Gasteiger partial charge is 0.352 e. The van der Waals surface area contributed by atoms with Gasteiger partial charge < -0.3 is 9.80 Å². The summed E-state index contributed by atoms with van der Waals surface area (Å²) in [4.78, 5) is 25.9. The van der Waals surface area contributed by atoms with Gasteiger partial charge in [0.25, 0.3) is 0 Å². The molecule has 0 radical (unpaired) electrons. The van der Waals surface area contributed by atoms with Crippen molar-refractivity contribution in [2.24, 2.45) is 0 Å². The number of carbonyl (C=O) groups is 1. The summed E-state index contributed by atoms with van der Waals surface area (Å²) in [5, 5.41) is 0. The highest BCUT2D eigenvalue weighted by Gasteiger charge is 2.21. The summed E-state index contributed by atoms with van der Waals surface area (Å²) >= 11 is 0. The number of piperazine rings is 1. The van der Waals surface area contributed by atoms with Crippen LogP contribution in [0.5, 0.6) is 0 Å². The Labute approximate surface area is 178 Å². The zero-order chi connectivity index (χ0) is 21.1. The lowest BCUT2D eigenvalue weighted by Crippen LogP contribution is -2.48. The predicted octanol–water partition coefficient (Wildman–Crippen LogP) is 4.29. The van der Waals surface area contributed by atoms with E-state index in [0.717, 1.165) is 35.5 Å². The quantitative estimate of drug-likeness (QED) is 0.616. The second kappa shape index (κ2) is 8.27. The van der Waals surface area contributed by atoms with Gasteiger partial charge in [-0.25, -0.2) is 4.98 Å². The molecule has 2 heterocycles. The van der Waals surface area contributed by atoms with E-state index in [1.807, 2.05) is 41.4 Å². The predicted molar refractivity (Wildman–Crippen MR) is 123 cm³/mol. The maximum atomic E-state index is 12.6. The van der Waals surface area contributed by atoms with Crippen LogP contribution >= 0.6 is 0 Å². The highest BCUT2D eigenvalue weighted by atomic mass is 16.2. The van der Waals surface area contributed by atoms with Crippen LogP contribution in [0.3, 0.4) is 0 Å². The molecular formula is C25H28N4O. The average Bonchev–Trinajstić information content (AvgIpc) is 2.77. The molecule has 0 unspecified atom stereocenters. The molecule has 4 rings (SSSR count). The van der Waals surface area contributed by atoms with E-state index in [4.69, 9.17) is 4.98 Å².